The molecule has 0 aromatic carbocycles. The number of hydrogen-bond donors (Lipinski definition) is 0. The van der Waals surface area contributed by atoms with Gasteiger partial charge in [-0.25, -0.2) is 6.10 Å². The molecular formula is C9H16CrNO-. The summed E-state index contributed by atoms with van der Waals surface area (Å²) < 4.78 is 5.65. The predicted octanol–water partition coefficient (Wildman–Crippen LogP) is 2.20. The van der Waals surface area contributed by atoms with Crippen molar-refractivity contribution in [3.8, 4) is 0 Å². The van der Waals surface area contributed by atoms with Gasteiger partial charge in [0.2, 0.25) is 0 Å². The molecule has 0 atom stereocenters. The molecule has 2 nitrogen and oxygen atoms in total. The molecule has 0 unspecified atom stereocenters. The van der Waals surface area contributed by atoms with Gasteiger partial charge < -0.3 is 9.73 Å². The van der Waals surface area contributed by atoms with Crippen LogP contribution < -0.4 is 0 Å². The van der Waals surface area contributed by atoms with Crippen LogP contribution in [0.15, 0.2) is 4.99 Å². The van der Waals surface area contributed by atoms with Gasteiger partial charge in [-0.15, -0.1) is 6.21 Å². The van der Waals surface area contributed by atoms with E-state index in [0.29, 0.717) is 0 Å². The molecule has 0 amide bonds. The van der Waals surface area contributed by atoms with Crippen molar-refractivity contribution in [1.82, 2.24) is 0 Å². The Morgan fingerprint density at radius 3 is 2.83 bits per heavy atom. The van der Waals surface area contributed by atoms with Crippen molar-refractivity contribution in [2.45, 2.75) is 39.2 Å². The maximum Gasteiger partial charge on any atom is 0.0357 e. The minimum atomic E-state index is -0.00345. The number of ether oxygens (including phenoxy) is 1. The molecule has 0 fully saturated rings. The second-order valence-electron chi connectivity index (χ2n) is 3.61. The summed E-state index contributed by atoms with van der Waals surface area (Å²) in [6.45, 7) is 7.13. The van der Waals surface area contributed by atoms with Crippen LogP contribution in [0, 0.1) is 6.10 Å². The summed E-state index contributed by atoms with van der Waals surface area (Å²) in [5.41, 5.74) is -0.00345. The minimum Gasteiger partial charge on any atom is -0.521 e. The smallest absolute Gasteiger partial charge is 0.0357 e. The summed E-state index contributed by atoms with van der Waals surface area (Å²) in [4.78, 5) is 4.19. The van der Waals surface area contributed by atoms with Gasteiger partial charge in [0.15, 0.2) is 0 Å². The van der Waals surface area contributed by atoms with Crippen molar-refractivity contribution in [3.63, 3.8) is 0 Å². The zero-order valence-corrected chi connectivity index (χ0v) is 9.24. The van der Waals surface area contributed by atoms with Gasteiger partial charge in [-0.3, -0.25) is 0 Å². The second kappa shape index (κ2) is 4.91. The Morgan fingerprint density at radius 1 is 1.50 bits per heavy atom. The third-order valence-electron chi connectivity index (χ3n) is 1.78. The van der Waals surface area contributed by atoms with Crippen LogP contribution in [-0.4, -0.2) is 18.4 Å². The average molecular weight is 206 g/mol. The minimum absolute atomic E-state index is 0. The first-order valence-electron chi connectivity index (χ1n) is 4.12. The summed E-state index contributed by atoms with van der Waals surface area (Å²) >= 11 is 0. The van der Waals surface area contributed by atoms with Gasteiger partial charge in [-0.05, 0) is 26.7 Å². The Kier molecular flexibility index (Phi) is 4.93. The summed E-state index contributed by atoms with van der Waals surface area (Å²) in [5.74, 6) is 0. The van der Waals surface area contributed by atoms with Crippen LogP contribution in [0.1, 0.15) is 33.6 Å². The van der Waals surface area contributed by atoms with E-state index in [1.165, 1.54) is 0 Å². The zero-order valence-electron chi connectivity index (χ0n) is 7.96. The molecule has 0 saturated heterocycles. The molecule has 1 heterocycles. The number of aliphatic imine (C=N–C) groups is 1. The normalized spacial score (nSPS) is 22.4. The van der Waals surface area contributed by atoms with E-state index < -0.39 is 0 Å². The van der Waals surface area contributed by atoms with Gasteiger partial charge in [0.05, 0.1) is 0 Å². The number of nitrogens with zero attached hydrogens (tertiary/aromatic N) is 1. The first kappa shape index (κ1) is 12.0. The maximum absolute atomic E-state index is 5.65. The third-order valence-corrected chi connectivity index (χ3v) is 1.78. The molecule has 0 radical (unpaired) electrons. The van der Waals surface area contributed by atoms with Crippen molar-refractivity contribution >= 4 is 6.21 Å². The topological polar surface area (TPSA) is 21.6 Å². The van der Waals surface area contributed by atoms with Crippen molar-refractivity contribution in [2.24, 2.45) is 4.99 Å². The monoisotopic (exact) mass is 206 g/mol. The molecule has 0 spiro atoms. The Balaban J connectivity index is 0.00000121. The van der Waals surface area contributed by atoms with Gasteiger partial charge in [-0.1, -0.05) is 0 Å². The van der Waals surface area contributed by atoms with E-state index in [0.717, 1.165) is 25.5 Å². The molecule has 0 saturated carbocycles. The Hall–Kier alpha value is 0.0325. The van der Waals surface area contributed by atoms with Gasteiger partial charge in [0, 0.05) is 29.5 Å². The average Bonchev–Trinajstić information content (AvgIpc) is 1.82. The van der Waals surface area contributed by atoms with E-state index in [4.69, 9.17) is 4.74 Å². The van der Waals surface area contributed by atoms with E-state index in [1.807, 2.05) is 13.1 Å². The molecule has 0 bridgehead atoms. The van der Waals surface area contributed by atoms with E-state index in [9.17, 15) is 0 Å². The molecule has 0 N–H and O–H groups in total. The van der Waals surface area contributed by atoms with Crippen molar-refractivity contribution < 1.29 is 22.1 Å². The van der Waals surface area contributed by atoms with Crippen LogP contribution in [0.5, 0.6) is 0 Å². The van der Waals surface area contributed by atoms with Crippen molar-refractivity contribution in [3.05, 3.63) is 6.10 Å². The summed E-state index contributed by atoms with van der Waals surface area (Å²) in [6, 6.07) is 0. The van der Waals surface area contributed by atoms with Crippen LogP contribution in [0.3, 0.4) is 0 Å². The Morgan fingerprint density at radius 2 is 2.17 bits per heavy atom. The Bertz CT molecular complexity index is 157. The summed E-state index contributed by atoms with van der Waals surface area (Å²) in [6.07, 6.45) is 4.95. The number of hydrogen-bond acceptors (Lipinski definition) is 2. The molecule has 0 aromatic rings. The van der Waals surface area contributed by atoms with Crippen LogP contribution in [0.4, 0.5) is 0 Å². The molecule has 1 rings (SSSR count). The SMILES string of the molecule is C[C-]1C=NCCCC(C)(C)O1.[Cr]. The zero-order chi connectivity index (χ0) is 8.32. The molecule has 0 aromatic heterocycles. The van der Waals surface area contributed by atoms with Crippen LogP contribution >= 0.6 is 0 Å². The van der Waals surface area contributed by atoms with E-state index in [1.54, 1.807) is 0 Å². The Labute approximate surface area is 85.5 Å². The van der Waals surface area contributed by atoms with Crippen LogP contribution in [0.2, 0.25) is 0 Å². The molecule has 0 aliphatic carbocycles. The van der Waals surface area contributed by atoms with E-state index in [-0.39, 0.29) is 23.0 Å². The maximum atomic E-state index is 5.65. The van der Waals surface area contributed by atoms with Gasteiger partial charge >= 0.3 is 0 Å². The fraction of sp³-hybridized carbons (Fsp3) is 0.778. The van der Waals surface area contributed by atoms with Gasteiger partial charge in [-0.2, -0.15) is 6.92 Å². The quantitative estimate of drug-likeness (QED) is 0.557. The van der Waals surface area contributed by atoms with E-state index in [2.05, 4.69) is 18.8 Å². The summed E-state index contributed by atoms with van der Waals surface area (Å²) in [7, 11) is 0. The first-order valence-corrected chi connectivity index (χ1v) is 4.12. The largest absolute Gasteiger partial charge is 0.521 e. The predicted molar refractivity (Wildman–Crippen MR) is 46.7 cm³/mol. The molecule has 3 heteroatoms. The number of rotatable bonds is 0. The molecule has 1 aliphatic heterocycles. The first-order chi connectivity index (χ1) is 5.10. The summed E-state index contributed by atoms with van der Waals surface area (Å²) in [5, 5.41) is 0. The third kappa shape index (κ3) is 4.16. The van der Waals surface area contributed by atoms with E-state index >= 15 is 0 Å². The molecule has 12 heavy (non-hydrogen) atoms. The fourth-order valence-corrected chi connectivity index (χ4v) is 1.30. The standard InChI is InChI=1S/C9H16NO.Cr/c1-8-7-10-6-4-5-9(2,3)11-8;/h7H,4-6H2,1-3H3;/q-1;. The van der Waals surface area contributed by atoms with Crippen LogP contribution in [-0.2, 0) is 22.1 Å². The fourth-order valence-electron chi connectivity index (χ4n) is 1.30. The second-order valence-corrected chi connectivity index (χ2v) is 3.61. The van der Waals surface area contributed by atoms with Crippen molar-refractivity contribution in [1.29, 1.82) is 0 Å². The van der Waals surface area contributed by atoms with Gasteiger partial charge in [0.1, 0.15) is 0 Å². The molecular weight excluding hydrogens is 190 g/mol. The molecule has 1 aliphatic rings. The molecule has 70 valence electrons. The van der Waals surface area contributed by atoms with Gasteiger partial charge in [0.25, 0.3) is 0 Å². The van der Waals surface area contributed by atoms with Crippen LogP contribution in [0.25, 0.3) is 0 Å². The van der Waals surface area contributed by atoms with Crippen molar-refractivity contribution in [2.75, 3.05) is 6.54 Å².